The fourth-order valence-corrected chi connectivity index (χ4v) is 3.01. The number of ether oxygens (including phenoxy) is 1. The third kappa shape index (κ3) is 3.98. The Morgan fingerprint density at radius 1 is 1.19 bits per heavy atom. The van der Waals surface area contributed by atoms with Crippen molar-refractivity contribution < 1.29 is 9.53 Å². The van der Waals surface area contributed by atoms with E-state index >= 15 is 0 Å². The third-order valence-electron chi connectivity index (χ3n) is 4.47. The molecule has 0 bridgehead atoms. The minimum Gasteiger partial charge on any atom is -0.497 e. The summed E-state index contributed by atoms with van der Waals surface area (Å²) < 4.78 is 5.29. The van der Waals surface area contributed by atoms with E-state index in [2.05, 4.69) is 15.5 Å². The molecular weight excluding hydrogens is 344 g/mol. The van der Waals surface area contributed by atoms with E-state index in [9.17, 15) is 9.59 Å². The van der Waals surface area contributed by atoms with E-state index < -0.39 is 0 Å². The lowest BCUT2D eigenvalue weighted by Gasteiger charge is -2.25. The third-order valence-corrected chi connectivity index (χ3v) is 4.47. The van der Waals surface area contributed by atoms with Crippen molar-refractivity contribution in [1.29, 1.82) is 0 Å². The summed E-state index contributed by atoms with van der Waals surface area (Å²) in [6, 6.07) is 14.6. The molecule has 0 fully saturated rings. The molecule has 1 atom stereocenters. The summed E-state index contributed by atoms with van der Waals surface area (Å²) in [5.74, 6) is 0.427. The van der Waals surface area contributed by atoms with Crippen molar-refractivity contribution >= 4 is 16.7 Å². The number of fused-ring (bicyclic) bond motifs is 1. The maximum atomic E-state index is 12.7. The van der Waals surface area contributed by atoms with E-state index in [4.69, 9.17) is 4.74 Å². The summed E-state index contributed by atoms with van der Waals surface area (Å²) >= 11 is 0. The van der Waals surface area contributed by atoms with Gasteiger partial charge in [0.15, 0.2) is 5.69 Å². The second-order valence-electron chi connectivity index (χ2n) is 6.41. The number of hydrogen-bond acceptors (Lipinski definition) is 5. The van der Waals surface area contributed by atoms with Gasteiger partial charge < -0.3 is 15.0 Å². The molecule has 0 saturated carbocycles. The number of likely N-dealkylation sites (N-methyl/N-ethyl adjacent to an activating group) is 1. The van der Waals surface area contributed by atoms with Gasteiger partial charge in [0.05, 0.1) is 18.5 Å². The molecule has 0 radical (unpaired) electrons. The first-order valence-electron chi connectivity index (χ1n) is 8.57. The molecule has 1 heterocycles. The Labute approximate surface area is 157 Å². The number of carbonyl (C=O) groups excluding carboxylic acids is 1. The van der Waals surface area contributed by atoms with Gasteiger partial charge in [-0.1, -0.05) is 30.3 Å². The zero-order valence-corrected chi connectivity index (χ0v) is 15.5. The Kier molecular flexibility index (Phi) is 5.52. The highest BCUT2D eigenvalue weighted by molar-refractivity contribution is 6.04. The second-order valence-corrected chi connectivity index (χ2v) is 6.41. The van der Waals surface area contributed by atoms with E-state index in [0.717, 1.165) is 11.3 Å². The van der Waals surface area contributed by atoms with Crippen molar-refractivity contribution in [2.45, 2.75) is 6.04 Å². The number of carbonyl (C=O) groups is 1. The Bertz CT molecular complexity index is 1010. The monoisotopic (exact) mass is 366 g/mol. The number of methoxy groups -OCH3 is 1. The Morgan fingerprint density at radius 3 is 2.63 bits per heavy atom. The van der Waals surface area contributed by atoms with Crippen LogP contribution >= 0.6 is 0 Å². The number of nitrogens with zero attached hydrogens (tertiary/aromatic N) is 2. The lowest BCUT2D eigenvalue weighted by Crippen LogP contribution is -2.35. The fraction of sp³-hybridized carbons (Fsp3) is 0.250. The van der Waals surface area contributed by atoms with Crippen LogP contribution in [0.15, 0.2) is 53.3 Å². The van der Waals surface area contributed by atoms with Crippen molar-refractivity contribution in [3.63, 3.8) is 0 Å². The standard InChI is InChI=1S/C20H22N4O3/c1-24(2)17(13-7-6-8-14(11-13)27-3)12-21-20(26)18-15-9-4-5-10-16(15)19(25)23-22-18/h4-11,17H,12H2,1-3H3,(H,21,26)(H,23,25). The van der Waals surface area contributed by atoms with Crippen molar-refractivity contribution in [3.8, 4) is 5.75 Å². The van der Waals surface area contributed by atoms with Gasteiger partial charge in [0, 0.05) is 11.9 Å². The first-order chi connectivity index (χ1) is 13.0. The van der Waals surface area contributed by atoms with Gasteiger partial charge in [0.2, 0.25) is 0 Å². The maximum Gasteiger partial charge on any atom is 0.272 e. The van der Waals surface area contributed by atoms with E-state index in [-0.39, 0.29) is 23.2 Å². The summed E-state index contributed by atoms with van der Waals surface area (Å²) in [6.45, 7) is 0.383. The predicted octanol–water partition coefficient (Wildman–Crippen LogP) is 1.96. The molecule has 0 aliphatic carbocycles. The van der Waals surface area contributed by atoms with Crippen LogP contribution < -0.4 is 15.6 Å². The summed E-state index contributed by atoms with van der Waals surface area (Å²) in [4.78, 5) is 26.6. The number of nitrogens with one attached hydrogen (secondary N) is 2. The molecule has 27 heavy (non-hydrogen) atoms. The normalized spacial score (nSPS) is 12.1. The Hall–Kier alpha value is -3.19. The van der Waals surface area contributed by atoms with Crippen molar-refractivity contribution in [2.24, 2.45) is 0 Å². The topological polar surface area (TPSA) is 87.3 Å². The Morgan fingerprint density at radius 2 is 1.93 bits per heavy atom. The van der Waals surface area contributed by atoms with Gasteiger partial charge in [-0.05, 0) is 37.9 Å². The molecule has 0 saturated heterocycles. The largest absolute Gasteiger partial charge is 0.497 e. The molecule has 2 aromatic carbocycles. The molecule has 0 spiro atoms. The second kappa shape index (κ2) is 8.01. The van der Waals surface area contributed by atoms with Crippen LogP contribution in [0.5, 0.6) is 5.75 Å². The van der Waals surface area contributed by atoms with Crippen LogP contribution in [0.2, 0.25) is 0 Å². The minimum atomic E-state index is -0.336. The minimum absolute atomic E-state index is 0.0434. The summed E-state index contributed by atoms with van der Waals surface area (Å²) in [5, 5.41) is 10.2. The van der Waals surface area contributed by atoms with E-state index in [1.807, 2.05) is 43.3 Å². The summed E-state index contributed by atoms with van der Waals surface area (Å²) in [5.41, 5.74) is 0.914. The van der Waals surface area contributed by atoms with Gasteiger partial charge in [0.25, 0.3) is 11.5 Å². The van der Waals surface area contributed by atoms with Gasteiger partial charge in [0.1, 0.15) is 5.75 Å². The highest BCUT2D eigenvalue weighted by Gasteiger charge is 2.19. The number of hydrogen-bond donors (Lipinski definition) is 2. The van der Waals surface area contributed by atoms with Crippen molar-refractivity contribution in [2.75, 3.05) is 27.7 Å². The molecule has 1 unspecified atom stereocenters. The van der Waals surface area contributed by atoms with Crippen LogP contribution in [-0.4, -0.2) is 48.8 Å². The molecule has 7 nitrogen and oxygen atoms in total. The van der Waals surface area contributed by atoms with Gasteiger partial charge in [-0.15, -0.1) is 0 Å². The Balaban J connectivity index is 1.83. The molecule has 2 N–H and O–H groups in total. The van der Waals surface area contributed by atoms with Crippen LogP contribution in [0.3, 0.4) is 0 Å². The van der Waals surface area contributed by atoms with E-state index in [1.54, 1.807) is 31.4 Å². The van der Waals surface area contributed by atoms with Gasteiger partial charge in [-0.3, -0.25) is 9.59 Å². The van der Waals surface area contributed by atoms with Crippen LogP contribution in [0.4, 0.5) is 0 Å². The molecule has 1 amide bonds. The maximum absolute atomic E-state index is 12.7. The van der Waals surface area contributed by atoms with Crippen LogP contribution in [-0.2, 0) is 0 Å². The highest BCUT2D eigenvalue weighted by atomic mass is 16.5. The zero-order valence-electron chi connectivity index (χ0n) is 15.5. The molecular formula is C20H22N4O3. The number of aromatic amines is 1. The first-order valence-corrected chi connectivity index (χ1v) is 8.57. The average Bonchev–Trinajstić information content (AvgIpc) is 2.68. The van der Waals surface area contributed by atoms with Gasteiger partial charge >= 0.3 is 0 Å². The molecule has 140 valence electrons. The van der Waals surface area contributed by atoms with Crippen molar-refractivity contribution in [1.82, 2.24) is 20.4 Å². The molecule has 0 aliphatic rings. The molecule has 0 aliphatic heterocycles. The molecule has 1 aromatic heterocycles. The van der Waals surface area contributed by atoms with E-state index in [0.29, 0.717) is 17.3 Å². The van der Waals surface area contributed by atoms with Gasteiger partial charge in [-0.25, -0.2) is 5.10 Å². The smallest absolute Gasteiger partial charge is 0.272 e. The summed E-state index contributed by atoms with van der Waals surface area (Å²) in [7, 11) is 5.52. The SMILES string of the molecule is COc1cccc(C(CNC(=O)c2n[nH]c(=O)c3ccccc23)N(C)C)c1. The van der Waals surface area contributed by atoms with E-state index in [1.165, 1.54) is 0 Å². The number of rotatable bonds is 6. The quantitative estimate of drug-likeness (QED) is 0.696. The number of aromatic nitrogens is 2. The number of benzene rings is 2. The molecule has 3 aromatic rings. The fourth-order valence-electron chi connectivity index (χ4n) is 3.01. The molecule has 3 rings (SSSR count). The van der Waals surface area contributed by atoms with Crippen molar-refractivity contribution in [3.05, 3.63) is 70.1 Å². The molecule has 7 heteroatoms. The first kappa shape index (κ1) is 18.6. The van der Waals surface area contributed by atoms with Crippen LogP contribution in [0, 0.1) is 0 Å². The highest BCUT2D eigenvalue weighted by Crippen LogP contribution is 2.22. The number of H-pyrrole nitrogens is 1. The van der Waals surface area contributed by atoms with Crippen LogP contribution in [0.1, 0.15) is 22.1 Å². The lowest BCUT2D eigenvalue weighted by atomic mass is 10.1. The summed E-state index contributed by atoms with van der Waals surface area (Å²) in [6.07, 6.45) is 0. The lowest BCUT2D eigenvalue weighted by molar-refractivity contribution is 0.0937. The average molecular weight is 366 g/mol. The van der Waals surface area contributed by atoms with Gasteiger partial charge in [-0.2, -0.15) is 5.10 Å². The zero-order chi connectivity index (χ0) is 19.4. The predicted molar refractivity (Wildman–Crippen MR) is 104 cm³/mol. The number of amides is 1. The van der Waals surface area contributed by atoms with Crippen LogP contribution in [0.25, 0.3) is 10.8 Å².